The first-order valence-corrected chi connectivity index (χ1v) is 9.11. The molecule has 0 aliphatic carbocycles. The van der Waals surface area contributed by atoms with E-state index in [9.17, 15) is 14.9 Å². The first-order chi connectivity index (χ1) is 14.0. The van der Waals surface area contributed by atoms with Gasteiger partial charge in [0.15, 0.2) is 0 Å². The first kappa shape index (κ1) is 18.6. The summed E-state index contributed by atoms with van der Waals surface area (Å²) in [6.07, 6.45) is 0. The molecule has 29 heavy (non-hydrogen) atoms. The highest BCUT2D eigenvalue weighted by Crippen LogP contribution is 2.29. The molecule has 0 atom stereocenters. The Morgan fingerprint density at radius 2 is 1.69 bits per heavy atom. The van der Waals surface area contributed by atoms with Crippen molar-refractivity contribution in [3.8, 4) is 11.3 Å². The van der Waals surface area contributed by atoms with Crippen molar-refractivity contribution in [1.82, 2.24) is 4.98 Å². The lowest BCUT2D eigenvalue weighted by molar-refractivity contribution is -0.384. The van der Waals surface area contributed by atoms with E-state index in [1.807, 2.05) is 48.5 Å². The van der Waals surface area contributed by atoms with Crippen molar-refractivity contribution in [2.45, 2.75) is 0 Å². The number of nitrogens with zero attached hydrogens (tertiary/aromatic N) is 2. The number of benzene rings is 3. The molecule has 0 aliphatic rings. The zero-order valence-electron chi connectivity index (χ0n) is 15.0. The maximum Gasteiger partial charge on any atom is 0.271 e. The van der Waals surface area contributed by atoms with Gasteiger partial charge in [-0.15, -0.1) is 0 Å². The molecular weight excluding hydrogens is 390 g/mol. The second-order valence-electron chi connectivity index (χ2n) is 6.31. The zero-order valence-corrected chi connectivity index (χ0v) is 15.8. The van der Waals surface area contributed by atoms with Crippen molar-refractivity contribution in [3.63, 3.8) is 0 Å². The molecule has 3 aromatic carbocycles. The Hall–Kier alpha value is -3.77. The molecule has 7 heteroatoms. The van der Waals surface area contributed by atoms with Crippen LogP contribution in [0.2, 0.25) is 5.02 Å². The molecule has 1 amide bonds. The second kappa shape index (κ2) is 7.69. The lowest BCUT2D eigenvalue weighted by Gasteiger charge is -2.11. The van der Waals surface area contributed by atoms with Gasteiger partial charge in [-0.1, -0.05) is 60.1 Å². The van der Waals surface area contributed by atoms with Crippen LogP contribution >= 0.6 is 11.6 Å². The van der Waals surface area contributed by atoms with Crippen LogP contribution < -0.4 is 5.32 Å². The molecule has 0 aliphatic heterocycles. The number of fused-ring (bicyclic) bond motifs is 1. The van der Waals surface area contributed by atoms with E-state index in [4.69, 9.17) is 11.6 Å². The monoisotopic (exact) mass is 403 g/mol. The topological polar surface area (TPSA) is 85.1 Å². The average molecular weight is 404 g/mol. The molecule has 0 unspecified atom stereocenters. The van der Waals surface area contributed by atoms with Gasteiger partial charge in [0.1, 0.15) is 0 Å². The molecule has 142 valence electrons. The van der Waals surface area contributed by atoms with Crippen LogP contribution in [0.3, 0.4) is 0 Å². The van der Waals surface area contributed by atoms with Crippen LogP contribution in [0.5, 0.6) is 0 Å². The normalized spacial score (nSPS) is 10.7. The third kappa shape index (κ3) is 3.79. The fourth-order valence-corrected chi connectivity index (χ4v) is 3.20. The number of anilines is 1. The van der Waals surface area contributed by atoms with E-state index in [2.05, 4.69) is 10.3 Å². The Labute approximate surface area is 170 Å². The van der Waals surface area contributed by atoms with Crippen LogP contribution in [-0.4, -0.2) is 15.8 Å². The Balaban J connectivity index is 1.80. The van der Waals surface area contributed by atoms with Crippen LogP contribution in [-0.2, 0) is 0 Å². The van der Waals surface area contributed by atoms with Crippen molar-refractivity contribution in [2.24, 2.45) is 0 Å². The molecule has 0 bridgehead atoms. The lowest BCUT2D eigenvalue weighted by Crippen LogP contribution is -2.13. The van der Waals surface area contributed by atoms with Crippen LogP contribution in [0.15, 0.2) is 78.9 Å². The second-order valence-corrected chi connectivity index (χ2v) is 6.72. The molecule has 1 N–H and O–H groups in total. The maximum atomic E-state index is 13.1. The summed E-state index contributed by atoms with van der Waals surface area (Å²) in [4.78, 5) is 28.2. The number of halogens is 1. The highest BCUT2D eigenvalue weighted by molar-refractivity contribution is 6.34. The molecule has 0 radical (unpaired) electrons. The minimum absolute atomic E-state index is 0.158. The number of carbonyl (C=O) groups is 1. The Kier molecular flexibility index (Phi) is 4.93. The Morgan fingerprint density at radius 3 is 2.45 bits per heavy atom. The van der Waals surface area contributed by atoms with Crippen molar-refractivity contribution < 1.29 is 9.72 Å². The predicted molar refractivity (Wildman–Crippen MR) is 113 cm³/mol. The van der Waals surface area contributed by atoms with Gasteiger partial charge in [-0.3, -0.25) is 14.9 Å². The zero-order chi connectivity index (χ0) is 20.4. The standard InChI is InChI=1S/C22H14ClN3O3/c23-18-11-10-15(26(28)29)12-21(18)25-22(27)17-13-20(14-6-2-1-3-7-14)24-19-9-5-4-8-16(17)19/h1-13H,(H,25,27). The van der Waals surface area contributed by atoms with Gasteiger partial charge < -0.3 is 5.32 Å². The first-order valence-electron chi connectivity index (χ1n) is 8.73. The number of hydrogen-bond donors (Lipinski definition) is 1. The van der Waals surface area contributed by atoms with E-state index in [0.29, 0.717) is 22.2 Å². The van der Waals surface area contributed by atoms with Crippen molar-refractivity contribution in [2.75, 3.05) is 5.32 Å². The van der Waals surface area contributed by atoms with Gasteiger partial charge in [0.25, 0.3) is 11.6 Å². The van der Waals surface area contributed by atoms with Crippen molar-refractivity contribution in [1.29, 1.82) is 0 Å². The highest BCUT2D eigenvalue weighted by atomic mass is 35.5. The summed E-state index contributed by atoms with van der Waals surface area (Å²) in [5.41, 5.74) is 2.61. The molecule has 6 nitrogen and oxygen atoms in total. The molecule has 1 aromatic heterocycles. The van der Waals surface area contributed by atoms with Gasteiger partial charge >= 0.3 is 0 Å². The number of aromatic nitrogens is 1. The fourth-order valence-electron chi connectivity index (χ4n) is 3.03. The van der Waals surface area contributed by atoms with E-state index in [1.54, 1.807) is 12.1 Å². The number of nitrogens with one attached hydrogen (secondary N) is 1. The van der Waals surface area contributed by atoms with E-state index in [0.717, 1.165) is 5.56 Å². The van der Waals surface area contributed by atoms with E-state index in [1.165, 1.54) is 18.2 Å². The minimum Gasteiger partial charge on any atom is -0.320 e. The van der Waals surface area contributed by atoms with Gasteiger partial charge in [0.2, 0.25) is 0 Å². The molecule has 0 spiro atoms. The molecular formula is C22H14ClN3O3. The number of nitro benzene ring substituents is 1. The summed E-state index contributed by atoms with van der Waals surface area (Å²) in [6, 6.07) is 22.5. The molecule has 1 heterocycles. The van der Waals surface area contributed by atoms with Crippen LogP contribution in [0.1, 0.15) is 10.4 Å². The molecule has 4 rings (SSSR count). The van der Waals surface area contributed by atoms with E-state index >= 15 is 0 Å². The molecule has 0 fully saturated rings. The Bertz CT molecular complexity index is 1240. The summed E-state index contributed by atoms with van der Waals surface area (Å²) >= 11 is 6.13. The number of carbonyl (C=O) groups excluding carboxylic acids is 1. The van der Waals surface area contributed by atoms with Crippen LogP contribution in [0.4, 0.5) is 11.4 Å². The van der Waals surface area contributed by atoms with Crippen LogP contribution in [0.25, 0.3) is 22.2 Å². The summed E-state index contributed by atoms with van der Waals surface area (Å²) < 4.78 is 0. The molecule has 4 aromatic rings. The number of hydrogen-bond acceptors (Lipinski definition) is 4. The number of pyridine rings is 1. The molecule has 0 saturated heterocycles. The van der Waals surface area contributed by atoms with Gasteiger partial charge in [-0.05, 0) is 18.2 Å². The minimum atomic E-state index is -0.540. The smallest absolute Gasteiger partial charge is 0.271 e. The van der Waals surface area contributed by atoms with Gasteiger partial charge in [-0.25, -0.2) is 4.98 Å². The average Bonchev–Trinajstić information content (AvgIpc) is 2.75. The number of rotatable bonds is 4. The third-order valence-corrected chi connectivity index (χ3v) is 4.77. The number of nitro groups is 1. The highest BCUT2D eigenvalue weighted by Gasteiger charge is 2.17. The number of para-hydroxylation sites is 1. The summed E-state index contributed by atoms with van der Waals surface area (Å²) in [5.74, 6) is -0.428. The number of amides is 1. The van der Waals surface area contributed by atoms with E-state index < -0.39 is 10.8 Å². The van der Waals surface area contributed by atoms with Crippen molar-refractivity contribution in [3.05, 3.63) is 99.6 Å². The third-order valence-electron chi connectivity index (χ3n) is 4.44. The molecule has 0 saturated carbocycles. The maximum absolute atomic E-state index is 13.1. The quantitative estimate of drug-likeness (QED) is 0.349. The SMILES string of the molecule is O=C(Nc1cc([N+](=O)[O-])ccc1Cl)c1cc(-c2ccccc2)nc2ccccc12. The van der Waals surface area contributed by atoms with Crippen LogP contribution in [0, 0.1) is 10.1 Å². The number of non-ortho nitro benzene ring substituents is 1. The van der Waals surface area contributed by atoms with Gasteiger partial charge in [0, 0.05) is 23.1 Å². The van der Waals surface area contributed by atoms with Gasteiger partial charge in [-0.2, -0.15) is 0 Å². The predicted octanol–water partition coefficient (Wildman–Crippen LogP) is 5.72. The summed E-state index contributed by atoms with van der Waals surface area (Å²) in [5, 5.41) is 14.6. The van der Waals surface area contributed by atoms with E-state index in [-0.39, 0.29) is 16.4 Å². The fraction of sp³-hybridized carbons (Fsp3) is 0. The van der Waals surface area contributed by atoms with Crippen molar-refractivity contribution >= 4 is 39.8 Å². The Morgan fingerprint density at radius 1 is 0.966 bits per heavy atom. The summed E-state index contributed by atoms with van der Waals surface area (Å²) in [7, 11) is 0. The summed E-state index contributed by atoms with van der Waals surface area (Å²) in [6.45, 7) is 0. The van der Waals surface area contributed by atoms with Gasteiger partial charge in [0.05, 0.1) is 32.4 Å². The largest absolute Gasteiger partial charge is 0.320 e. The lowest BCUT2D eigenvalue weighted by atomic mass is 10.0.